The molecule has 0 saturated carbocycles. The largest absolute Gasteiger partial charge is 0.437 e. The highest BCUT2D eigenvalue weighted by Gasteiger charge is 2.54. The monoisotopic (exact) mass is 435 g/mol. The number of carbonyl (C=O) groups is 1. The van der Waals surface area contributed by atoms with Crippen LogP contribution in [-0.2, 0) is 16.9 Å². The van der Waals surface area contributed by atoms with E-state index in [0.29, 0.717) is 11.3 Å². The average molecular weight is 436 g/mol. The summed E-state index contributed by atoms with van der Waals surface area (Å²) in [5.41, 5.74) is 7.51. The van der Waals surface area contributed by atoms with Crippen LogP contribution in [0.1, 0.15) is 51.1 Å². The number of carbonyl (C=O) groups excluding carboxylic acids is 1. The van der Waals surface area contributed by atoms with Crippen molar-refractivity contribution in [3.8, 4) is 0 Å². The van der Waals surface area contributed by atoms with Crippen LogP contribution in [-0.4, -0.2) is 19.9 Å². The van der Waals surface area contributed by atoms with Crippen molar-refractivity contribution in [2.24, 2.45) is 0 Å². The minimum Gasteiger partial charge on any atom is -0.437 e. The van der Waals surface area contributed by atoms with Gasteiger partial charge in [0.2, 0.25) is 5.60 Å². The van der Waals surface area contributed by atoms with Crippen LogP contribution in [0.2, 0.25) is 0 Å². The lowest BCUT2D eigenvalue weighted by atomic mass is 9.82. The van der Waals surface area contributed by atoms with Crippen LogP contribution in [0.5, 0.6) is 0 Å². The summed E-state index contributed by atoms with van der Waals surface area (Å²) < 4.78 is 11.0. The van der Waals surface area contributed by atoms with Crippen LogP contribution >= 0.6 is 0 Å². The Labute approximate surface area is 192 Å². The van der Waals surface area contributed by atoms with Crippen LogP contribution in [0.25, 0.3) is 16.4 Å². The number of pyridine rings is 2. The number of hydrogen-bond acceptors (Lipinski definition) is 3. The van der Waals surface area contributed by atoms with Gasteiger partial charge in [-0.05, 0) is 69.2 Å². The summed E-state index contributed by atoms with van der Waals surface area (Å²) in [6.45, 7) is 9.32. The number of cyclic esters (lactones) is 1. The first-order valence-electron chi connectivity index (χ1n) is 11.3. The van der Waals surface area contributed by atoms with Crippen LogP contribution in [0.15, 0.2) is 67.0 Å². The zero-order valence-electron chi connectivity index (χ0n) is 19.2. The van der Waals surface area contributed by atoms with Gasteiger partial charge in [-0.15, -0.1) is 0 Å². The van der Waals surface area contributed by atoms with E-state index in [0.717, 1.165) is 45.5 Å². The molecule has 6 rings (SSSR count). The maximum Gasteiger partial charge on any atom is 0.341 e. The number of rotatable bonds is 3. The van der Waals surface area contributed by atoms with Gasteiger partial charge in [-0.2, -0.15) is 0 Å². The van der Waals surface area contributed by atoms with Crippen molar-refractivity contribution in [2.45, 2.75) is 39.8 Å². The predicted octanol–water partition coefficient (Wildman–Crippen LogP) is 5.70. The fraction of sp³-hybridized carbons (Fsp3) is 0.214. The highest BCUT2D eigenvalue weighted by molar-refractivity contribution is 5.98. The van der Waals surface area contributed by atoms with E-state index in [1.54, 1.807) is 12.3 Å². The van der Waals surface area contributed by atoms with Crippen LogP contribution < -0.4 is 0 Å². The van der Waals surface area contributed by atoms with Gasteiger partial charge in [0.25, 0.3) is 0 Å². The smallest absolute Gasteiger partial charge is 0.341 e. The van der Waals surface area contributed by atoms with Gasteiger partial charge in [0.05, 0.1) is 11.3 Å². The number of aromatic nitrogens is 3. The molecular formula is C28H25N3O2. The summed E-state index contributed by atoms with van der Waals surface area (Å²) >= 11 is 0. The Morgan fingerprint density at radius 3 is 2.52 bits per heavy atom. The Morgan fingerprint density at radius 2 is 1.70 bits per heavy atom. The van der Waals surface area contributed by atoms with Gasteiger partial charge >= 0.3 is 5.97 Å². The van der Waals surface area contributed by atoms with E-state index < -0.39 is 5.60 Å². The van der Waals surface area contributed by atoms with Crippen LogP contribution in [0.4, 0.5) is 0 Å². The molecule has 1 aromatic carbocycles. The summed E-state index contributed by atoms with van der Waals surface area (Å²) in [4.78, 5) is 18.1. The molecule has 1 unspecified atom stereocenters. The molecule has 4 aromatic heterocycles. The van der Waals surface area contributed by atoms with Crippen molar-refractivity contribution in [1.29, 1.82) is 0 Å². The van der Waals surface area contributed by atoms with Gasteiger partial charge < -0.3 is 13.7 Å². The first-order chi connectivity index (χ1) is 16.0. The number of benzene rings is 1. The van der Waals surface area contributed by atoms with Crippen molar-refractivity contribution in [2.75, 3.05) is 0 Å². The SMILES string of the molecule is CCn1c(C)c(C2(c3c(C)c(C)c4ccccn34)OC(=O)c3cccnc32)c2ccccc21. The van der Waals surface area contributed by atoms with E-state index in [2.05, 4.69) is 67.1 Å². The first-order valence-corrected chi connectivity index (χ1v) is 11.3. The average Bonchev–Trinajstić information content (AvgIpc) is 3.39. The van der Waals surface area contributed by atoms with Crippen LogP contribution in [0.3, 0.4) is 0 Å². The Kier molecular flexibility index (Phi) is 4.09. The van der Waals surface area contributed by atoms with Gasteiger partial charge in [-0.1, -0.05) is 24.3 Å². The van der Waals surface area contributed by atoms with Gasteiger partial charge in [-0.3, -0.25) is 4.98 Å². The minimum absolute atomic E-state index is 0.339. The molecule has 0 bridgehead atoms. The zero-order chi connectivity index (χ0) is 22.9. The Morgan fingerprint density at radius 1 is 0.939 bits per heavy atom. The summed E-state index contributed by atoms with van der Waals surface area (Å²) in [5.74, 6) is -0.339. The maximum absolute atomic E-state index is 13.3. The number of hydrogen-bond donors (Lipinski definition) is 0. The van der Waals surface area contributed by atoms with E-state index in [1.807, 2.05) is 24.3 Å². The summed E-state index contributed by atoms with van der Waals surface area (Å²) in [6, 6.07) is 18.1. The second kappa shape index (κ2) is 6.82. The number of nitrogens with zero attached hydrogens (tertiary/aromatic N) is 3. The van der Waals surface area contributed by atoms with E-state index in [4.69, 9.17) is 9.72 Å². The highest BCUT2D eigenvalue weighted by Crippen LogP contribution is 2.51. The number of esters is 1. The van der Waals surface area contributed by atoms with E-state index in [9.17, 15) is 4.79 Å². The van der Waals surface area contributed by atoms with Gasteiger partial charge in [-0.25, -0.2) is 4.79 Å². The third-order valence-electron chi connectivity index (χ3n) is 7.24. The molecule has 5 aromatic rings. The van der Waals surface area contributed by atoms with Crippen molar-refractivity contribution in [3.05, 3.63) is 106 Å². The van der Waals surface area contributed by atoms with E-state index in [1.165, 1.54) is 5.56 Å². The van der Waals surface area contributed by atoms with E-state index >= 15 is 0 Å². The maximum atomic E-state index is 13.3. The van der Waals surface area contributed by atoms with Crippen molar-refractivity contribution < 1.29 is 9.53 Å². The third kappa shape index (κ3) is 2.37. The molecule has 0 radical (unpaired) electrons. The zero-order valence-corrected chi connectivity index (χ0v) is 19.2. The third-order valence-corrected chi connectivity index (χ3v) is 7.24. The second-order valence-corrected chi connectivity index (χ2v) is 8.75. The number of aryl methyl sites for hydroxylation is 2. The van der Waals surface area contributed by atoms with Crippen molar-refractivity contribution in [1.82, 2.24) is 14.0 Å². The molecule has 1 aliphatic rings. The second-order valence-electron chi connectivity index (χ2n) is 8.75. The van der Waals surface area contributed by atoms with Crippen molar-refractivity contribution >= 4 is 22.4 Å². The lowest BCUT2D eigenvalue weighted by Gasteiger charge is -2.30. The molecule has 5 heteroatoms. The number of para-hydroxylation sites is 1. The molecular weight excluding hydrogens is 410 g/mol. The van der Waals surface area contributed by atoms with Gasteiger partial charge in [0, 0.05) is 46.6 Å². The molecule has 0 spiro atoms. The summed E-state index contributed by atoms with van der Waals surface area (Å²) in [5, 5.41) is 1.08. The first kappa shape index (κ1) is 19.8. The highest BCUT2D eigenvalue weighted by atomic mass is 16.6. The quantitative estimate of drug-likeness (QED) is 0.342. The molecule has 0 amide bonds. The fourth-order valence-electron chi connectivity index (χ4n) is 5.75. The normalized spacial score (nSPS) is 17.6. The Balaban J connectivity index is 1.87. The fourth-order valence-corrected chi connectivity index (χ4v) is 5.75. The molecule has 0 saturated heterocycles. The minimum atomic E-state index is -1.15. The molecule has 5 nitrogen and oxygen atoms in total. The van der Waals surface area contributed by atoms with Gasteiger partial charge in [0.1, 0.15) is 5.69 Å². The molecule has 1 atom stereocenters. The predicted molar refractivity (Wildman–Crippen MR) is 129 cm³/mol. The van der Waals surface area contributed by atoms with Crippen molar-refractivity contribution in [3.63, 3.8) is 0 Å². The molecule has 164 valence electrons. The Hall–Kier alpha value is -3.86. The lowest BCUT2D eigenvalue weighted by molar-refractivity contribution is 0.0228. The topological polar surface area (TPSA) is 48.5 Å². The molecule has 5 heterocycles. The molecule has 0 N–H and O–H groups in total. The lowest BCUT2D eigenvalue weighted by Crippen LogP contribution is -2.33. The number of ether oxygens (including phenoxy) is 1. The molecule has 33 heavy (non-hydrogen) atoms. The molecule has 0 fully saturated rings. The van der Waals surface area contributed by atoms with E-state index in [-0.39, 0.29) is 5.97 Å². The number of fused-ring (bicyclic) bond motifs is 3. The standard InChI is InChI=1S/C28H25N3O2/c1-5-30-19(4)24(20-11-6-7-14-23(20)30)28(25-21(27(32)33-28)12-10-15-29-25)26-18(3)17(2)22-13-8-9-16-31(22)26/h6-16H,5H2,1-4H3. The molecule has 1 aliphatic heterocycles. The summed E-state index contributed by atoms with van der Waals surface area (Å²) in [6.07, 6.45) is 3.80. The molecule has 0 aliphatic carbocycles. The van der Waals surface area contributed by atoms with Crippen LogP contribution in [0, 0.1) is 20.8 Å². The Bertz CT molecular complexity index is 1590. The summed E-state index contributed by atoms with van der Waals surface area (Å²) in [7, 11) is 0. The van der Waals surface area contributed by atoms with Gasteiger partial charge in [0.15, 0.2) is 0 Å².